The zero-order valence-electron chi connectivity index (χ0n) is 17.3. The quantitative estimate of drug-likeness (QED) is 0.201. The third-order valence-corrected chi connectivity index (χ3v) is 4.85. The standard InChI is InChI=1S/C20H28O12/c21-12-7-11(29-9-13(12)22)8-30-15(23)5-3-1-2-4-6-16(24)31-10-14-17(25)18(26)19(27)20(28)32-14/h7,9,14,17-20,22,25-28H,1-6,8,10H2. The van der Waals surface area contributed by atoms with E-state index >= 15 is 0 Å². The van der Waals surface area contributed by atoms with Crippen molar-refractivity contribution in [1.82, 2.24) is 0 Å². The third kappa shape index (κ3) is 7.88. The maximum absolute atomic E-state index is 11.8. The molecule has 1 aliphatic heterocycles. The summed E-state index contributed by atoms with van der Waals surface area (Å²) in [6.07, 6.45) is -4.14. The van der Waals surface area contributed by atoms with Crippen molar-refractivity contribution in [1.29, 1.82) is 0 Å². The van der Waals surface area contributed by atoms with Crippen LogP contribution in [0.1, 0.15) is 44.3 Å². The van der Waals surface area contributed by atoms with Gasteiger partial charge in [-0.3, -0.25) is 14.4 Å². The topological polar surface area (TPSA) is 193 Å². The Labute approximate surface area is 183 Å². The lowest BCUT2D eigenvalue weighted by Gasteiger charge is -2.37. The number of hydrogen-bond acceptors (Lipinski definition) is 12. The maximum Gasteiger partial charge on any atom is 0.306 e. The minimum Gasteiger partial charge on any atom is -0.502 e. The molecule has 0 spiro atoms. The fourth-order valence-corrected chi connectivity index (χ4v) is 2.95. The highest BCUT2D eigenvalue weighted by atomic mass is 16.6. The monoisotopic (exact) mass is 460 g/mol. The van der Waals surface area contributed by atoms with Crippen molar-refractivity contribution >= 4 is 11.9 Å². The fourth-order valence-electron chi connectivity index (χ4n) is 2.95. The molecule has 0 radical (unpaired) electrons. The number of rotatable bonds is 11. The summed E-state index contributed by atoms with van der Waals surface area (Å²) in [7, 11) is 0. The van der Waals surface area contributed by atoms with Gasteiger partial charge in [0.25, 0.3) is 0 Å². The van der Waals surface area contributed by atoms with E-state index in [4.69, 9.17) is 23.7 Å². The predicted octanol–water partition coefficient (Wildman–Crippen LogP) is -0.928. The molecular weight excluding hydrogens is 432 g/mol. The van der Waals surface area contributed by atoms with Crippen molar-refractivity contribution in [3.05, 3.63) is 28.3 Å². The second kappa shape index (κ2) is 12.5. The summed E-state index contributed by atoms with van der Waals surface area (Å²) >= 11 is 0. The van der Waals surface area contributed by atoms with Gasteiger partial charge >= 0.3 is 11.9 Å². The van der Waals surface area contributed by atoms with Crippen LogP contribution in [0, 0.1) is 0 Å². The fraction of sp³-hybridized carbons (Fsp3) is 0.650. The summed E-state index contributed by atoms with van der Waals surface area (Å²) in [5.41, 5.74) is -0.628. The Bertz CT molecular complexity index is 806. The van der Waals surface area contributed by atoms with Crippen molar-refractivity contribution in [2.75, 3.05) is 6.61 Å². The van der Waals surface area contributed by atoms with Gasteiger partial charge in [0.1, 0.15) is 49.7 Å². The van der Waals surface area contributed by atoms with Gasteiger partial charge in [0.15, 0.2) is 12.0 Å². The molecule has 5 N–H and O–H groups in total. The summed E-state index contributed by atoms with van der Waals surface area (Å²) in [6, 6.07) is 1.04. The van der Waals surface area contributed by atoms with E-state index in [2.05, 4.69) is 0 Å². The van der Waals surface area contributed by atoms with E-state index in [9.17, 15) is 34.8 Å². The molecule has 180 valence electrons. The molecule has 0 amide bonds. The molecule has 1 aromatic heterocycles. The normalized spacial score (nSPS) is 25.3. The van der Waals surface area contributed by atoms with Crippen LogP contribution < -0.4 is 5.43 Å². The molecule has 0 bridgehead atoms. The number of esters is 2. The molecule has 1 saturated heterocycles. The molecule has 12 nitrogen and oxygen atoms in total. The van der Waals surface area contributed by atoms with Crippen LogP contribution in [0.5, 0.6) is 5.75 Å². The van der Waals surface area contributed by atoms with Crippen LogP contribution in [0.25, 0.3) is 0 Å². The van der Waals surface area contributed by atoms with Crippen molar-refractivity contribution in [3.63, 3.8) is 0 Å². The Morgan fingerprint density at radius 1 is 0.906 bits per heavy atom. The Morgan fingerprint density at radius 3 is 2.16 bits per heavy atom. The van der Waals surface area contributed by atoms with Crippen LogP contribution in [0.15, 0.2) is 21.5 Å². The first-order valence-electron chi connectivity index (χ1n) is 10.2. The second-order valence-electron chi connectivity index (χ2n) is 7.39. The number of carbonyl (C=O) groups is 2. The molecule has 5 unspecified atom stereocenters. The summed E-state index contributed by atoms with van der Waals surface area (Å²) < 4.78 is 19.8. The summed E-state index contributed by atoms with van der Waals surface area (Å²) in [5.74, 6) is -1.43. The van der Waals surface area contributed by atoms with Crippen molar-refractivity contribution in [2.24, 2.45) is 0 Å². The van der Waals surface area contributed by atoms with Gasteiger partial charge in [-0.25, -0.2) is 0 Å². The average molecular weight is 460 g/mol. The lowest BCUT2D eigenvalue weighted by molar-refractivity contribution is -0.287. The van der Waals surface area contributed by atoms with E-state index in [-0.39, 0.29) is 31.8 Å². The van der Waals surface area contributed by atoms with Gasteiger partial charge in [-0.1, -0.05) is 12.8 Å². The van der Waals surface area contributed by atoms with Crippen LogP contribution in [-0.2, 0) is 30.4 Å². The van der Waals surface area contributed by atoms with Crippen LogP contribution >= 0.6 is 0 Å². The molecule has 12 heteroatoms. The van der Waals surface area contributed by atoms with Gasteiger partial charge in [-0.05, 0) is 12.8 Å². The molecule has 2 heterocycles. The molecule has 5 atom stereocenters. The molecule has 0 saturated carbocycles. The Hall–Kier alpha value is -2.51. The number of carbonyl (C=O) groups excluding carboxylic acids is 2. The molecule has 32 heavy (non-hydrogen) atoms. The van der Waals surface area contributed by atoms with Crippen LogP contribution in [0.3, 0.4) is 0 Å². The maximum atomic E-state index is 11.8. The minimum atomic E-state index is -1.69. The number of unbranched alkanes of at least 4 members (excludes halogenated alkanes) is 3. The number of aromatic hydroxyl groups is 1. The van der Waals surface area contributed by atoms with Gasteiger partial charge < -0.3 is 44.2 Å². The number of ether oxygens (including phenoxy) is 3. The largest absolute Gasteiger partial charge is 0.502 e. The lowest BCUT2D eigenvalue weighted by atomic mass is 9.99. The van der Waals surface area contributed by atoms with Crippen molar-refractivity contribution in [3.8, 4) is 5.75 Å². The highest BCUT2D eigenvalue weighted by Crippen LogP contribution is 2.20. The number of aliphatic hydroxyl groups excluding tert-OH is 4. The molecule has 1 aliphatic rings. The highest BCUT2D eigenvalue weighted by Gasteiger charge is 2.43. The zero-order valence-corrected chi connectivity index (χ0v) is 17.3. The van der Waals surface area contributed by atoms with Gasteiger partial charge in [0, 0.05) is 18.9 Å². The van der Waals surface area contributed by atoms with Crippen LogP contribution in [-0.4, -0.2) is 74.8 Å². The van der Waals surface area contributed by atoms with Crippen molar-refractivity contribution < 1.29 is 53.7 Å². The smallest absolute Gasteiger partial charge is 0.306 e. The Kier molecular flexibility index (Phi) is 10.1. The molecule has 1 aromatic rings. The highest BCUT2D eigenvalue weighted by molar-refractivity contribution is 5.69. The second-order valence-corrected chi connectivity index (χ2v) is 7.39. The van der Waals surface area contributed by atoms with E-state index in [0.29, 0.717) is 25.7 Å². The average Bonchev–Trinajstić information content (AvgIpc) is 2.77. The summed E-state index contributed by atoms with van der Waals surface area (Å²) in [5, 5.41) is 47.3. The molecule has 0 aromatic carbocycles. The molecule has 1 fully saturated rings. The van der Waals surface area contributed by atoms with Crippen LogP contribution in [0.2, 0.25) is 0 Å². The summed E-state index contributed by atoms with van der Waals surface area (Å²) in [6.45, 7) is -0.597. The lowest BCUT2D eigenvalue weighted by Crippen LogP contribution is -2.58. The molecular formula is C20H28O12. The van der Waals surface area contributed by atoms with Gasteiger partial charge in [-0.2, -0.15) is 0 Å². The van der Waals surface area contributed by atoms with Gasteiger partial charge in [-0.15, -0.1) is 0 Å². The first kappa shape index (κ1) is 25.7. The molecule has 0 aliphatic carbocycles. The van der Waals surface area contributed by atoms with Crippen molar-refractivity contribution in [2.45, 2.75) is 75.8 Å². The zero-order chi connectivity index (χ0) is 23.7. The van der Waals surface area contributed by atoms with E-state index in [1.165, 1.54) is 0 Å². The minimum absolute atomic E-state index is 0.0981. The van der Waals surface area contributed by atoms with E-state index in [0.717, 1.165) is 12.3 Å². The SMILES string of the molecule is O=C(CCCCCCC(=O)OCC1OC(O)C(O)C(O)C1O)OCc1cc(=O)c(O)co1. The van der Waals surface area contributed by atoms with Crippen LogP contribution in [0.4, 0.5) is 0 Å². The first-order valence-corrected chi connectivity index (χ1v) is 10.2. The first-order chi connectivity index (χ1) is 15.2. The van der Waals surface area contributed by atoms with E-state index in [1.807, 2.05) is 0 Å². The third-order valence-electron chi connectivity index (χ3n) is 4.85. The van der Waals surface area contributed by atoms with E-state index < -0.39 is 53.8 Å². The van der Waals surface area contributed by atoms with Gasteiger partial charge in [0.05, 0.1) is 0 Å². The summed E-state index contributed by atoms with van der Waals surface area (Å²) in [4.78, 5) is 34.7. The van der Waals surface area contributed by atoms with E-state index in [1.54, 1.807) is 0 Å². The predicted molar refractivity (Wildman–Crippen MR) is 104 cm³/mol. The number of hydrogen-bond donors (Lipinski definition) is 5. The Morgan fingerprint density at radius 2 is 1.53 bits per heavy atom. The van der Waals surface area contributed by atoms with Gasteiger partial charge in [0.2, 0.25) is 5.43 Å². The molecule has 2 rings (SSSR count). The number of aliphatic hydroxyl groups is 4. The Balaban J connectivity index is 1.52.